The average Bonchev–Trinajstić information content (AvgIpc) is 2.99. The molecule has 6 nitrogen and oxygen atoms in total. The zero-order chi connectivity index (χ0) is 36.2. The van der Waals surface area contributed by atoms with Gasteiger partial charge >= 0.3 is 17.9 Å². The lowest BCUT2D eigenvalue weighted by atomic mass is 9.47. The summed E-state index contributed by atoms with van der Waals surface area (Å²) in [5.74, 6) is 0.482. The fraction of sp³-hybridized carbons (Fsp3) is 0.930. The molecule has 0 amide bonds. The Balaban J connectivity index is 2.04. The number of hydrogen-bond acceptors (Lipinski definition) is 5. The number of carboxylic acids is 1. The maximum Gasteiger partial charge on any atom is 0.306 e. The van der Waals surface area contributed by atoms with E-state index in [1.807, 2.05) is 0 Å². The third kappa shape index (κ3) is 17.5. The number of unbranched alkanes of at least 4 members (excludes halogenated alkanes) is 8. The minimum Gasteiger partial charge on any atom is -0.481 e. The van der Waals surface area contributed by atoms with Gasteiger partial charge < -0.3 is 14.6 Å². The van der Waals surface area contributed by atoms with Gasteiger partial charge in [-0.1, -0.05) is 144 Å². The molecule has 0 saturated heterocycles. The number of carbonyl (C=O) groups excluding carboxylic acids is 2. The Morgan fingerprint density at radius 3 is 1.35 bits per heavy atom. The van der Waals surface area contributed by atoms with Crippen LogP contribution in [0, 0.1) is 34.0 Å². The Labute approximate surface area is 302 Å². The van der Waals surface area contributed by atoms with Crippen LogP contribution in [0.1, 0.15) is 208 Å². The molecule has 2 aliphatic rings. The molecule has 0 aromatic heterocycles. The Kier molecular flexibility index (Phi) is 20.5. The monoisotopic (exact) mass is 691 g/mol. The Morgan fingerprint density at radius 2 is 0.959 bits per heavy atom. The molecule has 4 atom stereocenters. The van der Waals surface area contributed by atoms with Gasteiger partial charge in [0.2, 0.25) is 0 Å². The van der Waals surface area contributed by atoms with Gasteiger partial charge in [0.05, 0.1) is 32.5 Å². The van der Waals surface area contributed by atoms with Crippen molar-refractivity contribution in [2.75, 3.05) is 13.2 Å². The van der Waals surface area contributed by atoms with Crippen molar-refractivity contribution in [3.05, 3.63) is 0 Å². The highest BCUT2D eigenvalue weighted by molar-refractivity contribution is 5.72. The maximum absolute atomic E-state index is 13.5. The first-order valence-corrected chi connectivity index (χ1v) is 20.9. The molecular formula is C43H78O6. The summed E-state index contributed by atoms with van der Waals surface area (Å²) in [6.07, 6.45) is 26.5. The van der Waals surface area contributed by atoms with Crippen LogP contribution >= 0.6 is 0 Å². The second-order valence-corrected chi connectivity index (χ2v) is 17.6. The third-order valence-electron chi connectivity index (χ3n) is 12.0. The normalized spacial score (nSPS) is 25.1. The summed E-state index contributed by atoms with van der Waals surface area (Å²) < 4.78 is 11.9. The predicted octanol–water partition coefficient (Wildman–Crippen LogP) is 12.3. The van der Waals surface area contributed by atoms with Crippen LogP contribution in [0.3, 0.4) is 0 Å². The van der Waals surface area contributed by atoms with Crippen molar-refractivity contribution in [1.29, 1.82) is 0 Å². The molecule has 0 aromatic carbocycles. The van der Waals surface area contributed by atoms with Crippen LogP contribution in [0.4, 0.5) is 0 Å². The van der Waals surface area contributed by atoms with Crippen molar-refractivity contribution in [2.24, 2.45) is 34.0 Å². The lowest BCUT2D eigenvalue weighted by Gasteiger charge is -2.57. The van der Waals surface area contributed by atoms with E-state index in [0.717, 1.165) is 38.5 Å². The molecule has 2 fully saturated rings. The number of carbonyl (C=O) groups is 3. The van der Waals surface area contributed by atoms with Crippen molar-refractivity contribution < 1.29 is 29.0 Å². The van der Waals surface area contributed by atoms with Gasteiger partial charge in [-0.05, 0) is 78.9 Å². The van der Waals surface area contributed by atoms with Crippen molar-refractivity contribution in [3.63, 3.8) is 0 Å². The molecule has 1 N–H and O–H groups in total. The van der Waals surface area contributed by atoms with Crippen LogP contribution in [0.5, 0.6) is 0 Å². The molecule has 6 heteroatoms. The highest BCUT2D eigenvalue weighted by atomic mass is 16.5. The van der Waals surface area contributed by atoms with Gasteiger partial charge in [-0.3, -0.25) is 14.4 Å². The summed E-state index contributed by atoms with van der Waals surface area (Å²) in [6.45, 7) is 14.2. The minimum atomic E-state index is -0.772. The first-order valence-electron chi connectivity index (χ1n) is 20.9. The first-order chi connectivity index (χ1) is 23.4. The van der Waals surface area contributed by atoms with Crippen molar-refractivity contribution >= 4 is 17.9 Å². The third-order valence-corrected chi connectivity index (χ3v) is 12.0. The van der Waals surface area contributed by atoms with Crippen LogP contribution < -0.4 is 0 Å². The molecule has 286 valence electrons. The number of esters is 2. The molecular weight excluding hydrogens is 612 g/mol. The van der Waals surface area contributed by atoms with E-state index in [0.29, 0.717) is 50.2 Å². The molecule has 2 bridgehead atoms. The number of ether oxygens (including phenoxy) is 2. The Bertz CT molecular complexity index is 927. The van der Waals surface area contributed by atoms with Gasteiger partial charge in [0.15, 0.2) is 0 Å². The molecule has 0 spiro atoms. The SMILES string of the molecule is CCCCCC(CCCCC)CCOC(=O)CC1(C)CC2CC(C)(CC(=O)O)CC(CC(=O)OCCC(CCCCC)CCCCC)(C2)C1. The van der Waals surface area contributed by atoms with E-state index in [1.165, 1.54) is 103 Å². The fourth-order valence-corrected chi connectivity index (χ4v) is 10.2. The van der Waals surface area contributed by atoms with Crippen molar-refractivity contribution in [3.8, 4) is 0 Å². The van der Waals surface area contributed by atoms with E-state index in [1.54, 1.807) is 0 Å². The average molecular weight is 691 g/mol. The lowest BCUT2D eigenvalue weighted by molar-refractivity contribution is -0.157. The zero-order valence-corrected chi connectivity index (χ0v) is 33.0. The molecule has 0 aliphatic heterocycles. The first kappa shape index (κ1) is 43.6. The quantitative estimate of drug-likeness (QED) is 0.0649. The summed E-state index contributed by atoms with van der Waals surface area (Å²) >= 11 is 0. The van der Waals surface area contributed by atoms with E-state index in [4.69, 9.17) is 9.47 Å². The minimum absolute atomic E-state index is 0.119. The maximum atomic E-state index is 13.5. The van der Waals surface area contributed by atoms with E-state index in [9.17, 15) is 19.5 Å². The highest BCUT2D eigenvalue weighted by Gasteiger charge is 2.55. The largest absolute Gasteiger partial charge is 0.481 e. The second kappa shape index (κ2) is 23.1. The molecule has 2 aliphatic carbocycles. The van der Waals surface area contributed by atoms with E-state index in [2.05, 4.69) is 41.5 Å². The molecule has 2 saturated carbocycles. The van der Waals surface area contributed by atoms with Crippen LogP contribution in [-0.4, -0.2) is 36.2 Å². The summed E-state index contributed by atoms with van der Waals surface area (Å²) in [5, 5.41) is 9.79. The van der Waals surface area contributed by atoms with Gasteiger partial charge in [-0.25, -0.2) is 0 Å². The van der Waals surface area contributed by atoms with E-state index in [-0.39, 0.29) is 34.6 Å². The number of fused-ring (bicyclic) bond motifs is 2. The van der Waals surface area contributed by atoms with Crippen molar-refractivity contribution in [1.82, 2.24) is 0 Å². The van der Waals surface area contributed by atoms with Gasteiger partial charge in [0.1, 0.15) is 0 Å². The molecule has 2 rings (SSSR count). The van der Waals surface area contributed by atoms with Crippen LogP contribution in [-0.2, 0) is 23.9 Å². The fourth-order valence-electron chi connectivity index (χ4n) is 10.2. The molecule has 0 radical (unpaired) electrons. The van der Waals surface area contributed by atoms with Gasteiger partial charge in [-0.15, -0.1) is 0 Å². The number of aliphatic carboxylic acids is 1. The van der Waals surface area contributed by atoms with Gasteiger partial charge in [0.25, 0.3) is 0 Å². The van der Waals surface area contributed by atoms with E-state index < -0.39 is 5.97 Å². The number of hydrogen-bond donors (Lipinski definition) is 1. The smallest absolute Gasteiger partial charge is 0.306 e. The van der Waals surface area contributed by atoms with Crippen molar-refractivity contribution in [2.45, 2.75) is 208 Å². The Hall–Kier alpha value is -1.59. The second-order valence-electron chi connectivity index (χ2n) is 17.6. The number of carboxylic acid groups (broad SMARTS) is 1. The molecule has 0 aromatic rings. The summed E-state index contributed by atoms with van der Waals surface area (Å²) in [7, 11) is 0. The summed E-state index contributed by atoms with van der Waals surface area (Å²) in [6, 6.07) is 0. The van der Waals surface area contributed by atoms with Crippen LogP contribution in [0.25, 0.3) is 0 Å². The summed E-state index contributed by atoms with van der Waals surface area (Å²) in [5.41, 5.74) is -0.968. The van der Waals surface area contributed by atoms with Crippen LogP contribution in [0.15, 0.2) is 0 Å². The number of rotatable bonds is 28. The van der Waals surface area contributed by atoms with Gasteiger partial charge in [0, 0.05) is 0 Å². The zero-order valence-electron chi connectivity index (χ0n) is 33.0. The van der Waals surface area contributed by atoms with Gasteiger partial charge in [-0.2, -0.15) is 0 Å². The topological polar surface area (TPSA) is 89.9 Å². The Morgan fingerprint density at radius 1 is 0.571 bits per heavy atom. The summed E-state index contributed by atoms with van der Waals surface area (Å²) in [4.78, 5) is 38.8. The van der Waals surface area contributed by atoms with E-state index >= 15 is 0 Å². The standard InChI is InChI=1S/C43H78O6/c1-7-11-15-19-35(20-16-12-8-2)23-25-48-39(46)31-42(6)28-37-27-41(5,30-38(44)45)33-43(29-37,34-42)32-40(47)49-26-24-36(21-17-13-9-3)22-18-14-10-4/h35-37H,7-34H2,1-6H3,(H,44,45). The molecule has 0 heterocycles. The van der Waals surface area contributed by atoms with Crippen LogP contribution in [0.2, 0.25) is 0 Å². The lowest BCUT2D eigenvalue weighted by Crippen LogP contribution is -2.49. The molecule has 49 heavy (non-hydrogen) atoms. The highest BCUT2D eigenvalue weighted by Crippen LogP contribution is 2.63. The predicted molar refractivity (Wildman–Crippen MR) is 201 cm³/mol. The molecule has 4 unspecified atom stereocenters.